The smallest absolute Gasteiger partial charge is 0.321 e. The lowest BCUT2D eigenvalue weighted by Gasteiger charge is -2.32. The maximum absolute atomic E-state index is 12.5. The van der Waals surface area contributed by atoms with Crippen molar-refractivity contribution >= 4 is 27.6 Å². The Labute approximate surface area is 166 Å². The Morgan fingerprint density at radius 2 is 2.30 bits per heavy atom. The molecule has 27 heavy (non-hydrogen) atoms. The third-order valence-corrected chi connectivity index (χ3v) is 4.93. The van der Waals surface area contributed by atoms with E-state index >= 15 is 0 Å². The van der Waals surface area contributed by atoms with Gasteiger partial charge >= 0.3 is 6.03 Å². The van der Waals surface area contributed by atoms with E-state index in [-0.39, 0.29) is 12.1 Å². The summed E-state index contributed by atoms with van der Waals surface area (Å²) in [6, 6.07) is 7.44. The lowest BCUT2D eigenvalue weighted by Crippen LogP contribution is -2.45. The third-order valence-electron chi connectivity index (χ3n) is 4.24. The summed E-state index contributed by atoms with van der Waals surface area (Å²) >= 11 is 3.44. The summed E-state index contributed by atoms with van der Waals surface area (Å²) < 4.78 is 16.8. The summed E-state index contributed by atoms with van der Waals surface area (Å²) in [6.07, 6.45) is 2.41. The van der Waals surface area contributed by atoms with Crippen molar-refractivity contribution in [2.45, 2.75) is 32.0 Å². The van der Waals surface area contributed by atoms with Crippen LogP contribution in [0.1, 0.15) is 24.6 Å². The number of ether oxygens (including phenoxy) is 2. The number of halogens is 1. The van der Waals surface area contributed by atoms with Crippen molar-refractivity contribution in [2.24, 2.45) is 0 Å². The molecule has 8 nitrogen and oxygen atoms in total. The highest BCUT2D eigenvalue weighted by Gasteiger charge is 2.24. The number of methoxy groups -OCH3 is 1. The molecule has 1 fully saturated rings. The number of rotatable bonds is 7. The predicted octanol–water partition coefficient (Wildman–Crippen LogP) is 3.23. The number of carbonyl (C=O) groups excluding carboxylic acids is 1. The molecule has 1 atom stereocenters. The van der Waals surface area contributed by atoms with Crippen LogP contribution in [0.25, 0.3) is 0 Å². The molecule has 2 heterocycles. The Bertz CT molecular complexity index is 754. The Morgan fingerprint density at radius 3 is 3.11 bits per heavy atom. The average molecular weight is 439 g/mol. The van der Waals surface area contributed by atoms with Gasteiger partial charge in [-0.25, -0.2) is 4.79 Å². The van der Waals surface area contributed by atoms with E-state index in [4.69, 9.17) is 14.0 Å². The van der Waals surface area contributed by atoms with Crippen molar-refractivity contribution in [3.8, 4) is 0 Å². The fourth-order valence-electron chi connectivity index (χ4n) is 2.91. The van der Waals surface area contributed by atoms with Crippen LogP contribution in [0.15, 0.2) is 33.3 Å². The van der Waals surface area contributed by atoms with E-state index < -0.39 is 0 Å². The maximum atomic E-state index is 12.5. The highest BCUT2D eigenvalue weighted by Crippen LogP contribution is 2.22. The van der Waals surface area contributed by atoms with E-state index in [9.17, 15) is 4.79 Å². The zero-order valence-electron chi connectivity index (χ0n) is 15.2. The highest BCUT2D eigenvalue weighted by atomic mass is 79.9. The number of piperidine rings is 1. The van der Waals surface area contributed by atoms with Crippen molar-refractivity contribution in [1.29, 1.82) is 0 Å². The van der Waals surface area contributed by atoms with Crippen LogP contribution >= 0.6 is 15.9 Å². The lowest BCUT2D eigenvalue weighted by molar-refractivity contribution is 0.0120. The molecule has 9 heteroatoms. The molecule has 2 amide bonds. The van der Waals surface area contributed by atoms with E-state index in [0.29, 0.717) is 37.9 Å². The van der Waals surface area contributed by atoms with E-state index in [1.807, 2.05) is 24.3 Å². The van der Waals surface area contributed by atoms with Crippen LogP contribution < -0.4 is 5.32 Å². The molecule has 2 aromatic rings. The standard InChI is InChI=1S/C18H23BrN4O4/c1-25-12-17-21-16(22-27-17)8-10-26-13-5-4-9-23(11-13)18(24)20-15-7-3-2-6-14(15)19/h2-3,6-7,13H,4-5,8-12H2,1H3,(H,20,24). The van der Waals surface area contributed by atoms with Gasteiger partial charge in [-0.2, -0.15) is 4.98 Å². The van der Waals surface area contributed by atoms with Gasteiger partial charge in [0.1, 0.15) is 6.61 Å². The largest absolute Gasteiger partial charge is 0.376 e. The van der Waals surface area contributed by atoms with Gasteiger partial charge in [0, 0.05) is 31.1 Å². The number of hydrogen-bond acceptors (Lipinski definition) is 6. The first kappa shape index (κ1) is 19.8. The van der Waals surface area contributed by atoms with Crippen LogP contribution in [0, 0.1) is 0 Å². The predicted molar refractivity (Wildman–Crippen MR) is 102 cm³/mol. The number of carbonyl (C=O) groups is 1. The third kappa shape index (κ3) is 5.75. The van der Waals surface area contributed by atoms with E-state index in [1.54, 1.807) is 12.0 Å². The van der Waals surface area contributed by atoms with Crippen LogP contribution in [0.2, 0.25) is 0 Å². The van der Waals surface area contributed by atoms with E-state index in [1.165, 1.54) is 0 Å². The molecule has 0 saturated carbocycles. The first-order valence-electron chi connectivity index (χ1n) is 8.88. The van der Waals surface area contributed by atoms with Crippen molar-refractivity contribution in [2.75, 3.05) is 32.1 Å². The molecule has 1 aliphatic rings. The number of nitrogens with one attached hydrogen (secondary N) is 1. The van der Waals surface area contributed by atoms with Gasteiger partial charge in [0.2, 0.25) is 0 Å². The molecule has 1 saturated heterocycles. The Kier molecular flexibility index (Phi) is 7.19. The first-order valence-corrected chi connectivity index (χ1v) is 9.67. The number of para-hydroxylation sites is 1. The maximum Gasteiger partial charge on any atom is 0.321 e. The molecule has 1 unspecified atom stereocenters. The number of likely N-dealkylation sites (tertiary alicyclic amines) is 1. The molecule has 146 valence electrons. The van der Waals surface area contributed by atoms with Gasteiger partial charge in [-0.1, -0.05) is 17.3 Å². The van der Waals surface area contributed by atoms with E-state index in [2.05, 4.69) is 31.4 Å². The van der Waals surface area contributed by atoms with Crippen LogP contribution in [-0.2, 0) is 22.5 Å². The zero-order chi connectivity index (χ0) is 19.1. The topological polar surface area (TPSA) is 89.7 Å². The molecule has 3 rings (SSSR count). The zero-order valence-corrected chi connectivity index (χ0v) is 16.8. The second-order valence-corrected chi connectivity index (χ2v) is 7.13. The fraction of sp³-hybridized carbons (Fsp3) is 0.500. The van der Waals surface area contributed by atoms with Gasteiger partial charge < -0.3 is 24.2 Å². The van der Waals surface area contributed by atoms with Crippen LogP contribution in [-0.4, -0.2) is 54.0 Å². The van der Waals surface area contributed by atoms with Crippen molar-refractivity contribution in [3.05, 3.63) is 40.5 Å². The Hall–Kier alpha value is -1.97. The minimum Gasteiger partial charge on any atom is -0.376 e. The monoisotopic (exact) mass is 438 g/mol. The first-order chi connectivity index (χ1) is 13.2. The molecule has 1 aromatic carbocycles. The molecule has 0 radical (unpaired) electrons. The summed E-state index contributed by atoms with van der Waals surface area (Å²) in [7, 11) is 1.58. The second-order valence-electron chi connectivity index (χ2n) is 6.28. The molecular formula is C18H23BrN4O4. The normalized spacial score (nSPS) is 17.1. The van der Waals surface area contributed by atoms with E-state index in [0.717, 1.165) is 29.5 Å². The summed E-state index contributed by atoms with van der Waals surface area (Å²) in [5.41, 5.74) is 0.759. The number of aromatic nitrogens is 2. The minimum atomic E-state index is -0.113. The SMILES string of the molecule is COCc1nc(CCOC2CCCN(C(=O)Nc3ccccc3Br)C2)no1. The van der Waals surface area contributed by atoms with Gasteiger partial charge in [-0.15, -0.1) is 0 Å². The van der Waals surface area contributed by atoms with Crippen molar-refractivity contribution in [3.63, 3.8) is 0 Å². The summed E-state index contributed by atoms with van der Waals surface area (Å²) in [6.45, 7) is 2.08. The lowest BCUT2D eigenvalue weighted by atomic mass is 10.1. The Balaban J connectivity index is 1.44. The quantitative estimate of drug-likeness (QED) is 0.713. The summed E-state index contributed by atoms with van der Waals surface area (Å²) in [5, 5.41) is 6.83. The molecule has 0 spiro atoms. The summed E-state index contributed by atoms with van der Waals surface area (Å²) in [4.78, 5) is 18.5. The van der Waals surface area contributed by atoms with Crippen LogP contribution in [0.4, 0.5) is 10.5 Å². The van der Waals surface area contributed by atoms with Gasteiger partial charge in [0.15, 0.2) is 5.82 Å². The number of anilines is 1. The van der Waals surface area contributed by atoms with Crippen LogP contribution in [0.5, 0.6) is 0 Å². The minimum absolute atomic E-state index is 0.00839. The number of nitrogens with zero attached hydrogens (tertiary/aromatic N) is 3. The van der Waals surface area contributed by atoms with Gasteiger partial charge in [-0.3, -0.25) is 0 Å². The van der Waals surface area contributed by atoms with Crippen molar-refractivity contribution < 1.29 is 18.8 Å². The summed E-state index contributed by atoms with van der Waals surface area (Å²) in [5.74, 6) is 1.06. The molecule has 1 N–H and O–H groups in total. The molecular weight excluding hydrogens is 416 g/mol. The Morgan fingerprint density at radius 1 is 1.44 bits per heavy atom. The fourth-order valence-corrected chi connectivity index (χ4v) is 3.29. The number of urea groups is 1. The van der Waals surface area contributed by atoms with Crippen molar-refractivity contribution in [1.82, 2.24) is 15.0 Å². The molecule has 1 aliphatic heterocycles. The second kappa shape index (κ2) is 9.82. The van der Waals surface area contributed by atoms with Gasteiger partial charge in [-0.05, 0) is 40.9 Å². The van der Waals surface area contributed by atoms with Crippen LogP contribution in [0.3, 0.4) is 0 Å². The average Bonchev–Trinajstić information content (AvgIpc) is 3.11. The number of amides is 2. The molecule has 1 aromatic heterocycles. The molecule has 0 bridgehead atoms. The number of benzene rings is 1. The van der Waals surface area contributed by atoms with Gasteiger partial charge in [0.05, 0.1) is 18.4 Å². The molecule has 0 aliphatic carbocycles. The van der Waals surface area contributed by atoms with Gasteiger partial charge in [0.25, 0.3) is 5.89 Å². The number of hydrogen-bond donors (Lipinski definition) is 1. The highest BCUT2D eigenvalue weighted by molar-refractivity contribution is 9.10.